The minimum atomic E-state index is 0.316. The standard InChI is InChI=1S/C21H23ClN2/c1-12(2)15-9-10-16(22)19(13(3)4)20(15)18-11-8-14-6-5-7-17(23)21(14)24-18/h5-13H,23H2,1-4H3. The van der Waals surface area contributed by atoms with E-state index in [2.05, 4.69) is 45.9 Å². The molecular weight excluding hydrogens is 316 g/mol. The zero-order valence-electron chi connectivity index (χ0n) is 14.6. The topological polar surface area (TPSA) is 38.9 Å². The number of benzene rings is 2. The van der Waals surface area contributed by atoms with E-state index in [0.29, 0.717) is 17.5 Å². The van der Waals surface area contributed by atoms with Gasteiger partial charge in [-0.3, -0.25) is 0 Å². The Morgan fingerprint density at radius 1 is 0.917 bits per heavy atom. The maximum atomic E-state index is 6.55. The van der Waals surface area contributed by atoms with E-state index in [9.17, 15) is 0 Å². The third kappa shape index (κ3) is 2.87. The van der Waals surface area contributed by atoms with Crippen LogP contribution in [-0.2, 0) is 0 Å². The molecule has 0 atom stereocenters. The van der Waals surface area contributed by atoms with E-state index in [-0.39, 0.29) is 0 Å². The van der Waals surface area contributed by atoms with Gasteiger partial charge < -0.3 is 5.73 Å². The van der Waals surface area contributed by atoms with Crippen LogP contribution in [0.1, 0.15) is 50.7 Å². The normalized spacial score (nSPS) is 11.6. The van der Waals surface area contributed by atoms with Crippen molar-refractivity contribution in [3.63, 3.8) is 0 Å². The summed E-state index contributed by atoms with van der Waals surface area (Å²) in [5, 5.41) is 1.85. The molecule has 0 bridgehead atoms. The molecule has 0 radical (unpaired) electrons. The first-order chi connectivity index (χ1) is 11.4. The molecule has 0 saturated carbocycles. The summed E-state index contributed by atoms with van der Waals surface area (Å²) in [5.74, 6) is 0.706. The molecule has 1 heterocycles. The summed E-state index contributed by atoms with van der Waals surface area (Å²) in [4.78, 5) is 4.89. The summed E-state index contributed by atoms with van der Waals surface area (Å²) in [6, 6.07) is 14.2. The lowest BCUT2D eigenvalue weighted by molar-refractivity contribution is 0.837. The first-order valence-corrected chi connectivity index (χ1v) is 8.75. The van der Waals surface area contributed by atoms with E-state index in [1.165, 1.54) is 5.56 Å². The predicted molar refractivity (Wildman–Crippen MR) is 105 cm³/mol. The van der Waals surface area contributed by atoms with Crippen LogP contribution in [0, 0.1) is 0 Å². The van der Waals surface area contributed by atoms with Crippen LogP contribution in [0.15, 0.2) is 42.5 Å². The summed E-state index contributed by atoms with van der Waals surface area (Å²) in [5.41, 5.74) is 12.2. The third-order valence-corrected chi connectivity index (χ3v) is 4.76. The van der Waals surface area contributed by atoms with Gasteiger partial charge in [-0.25, -0.2) is 4.98 Å². The molecule has 2 nitrogen and oxygen atoms in total. The summed E-state index contributed by atoms with van der Waals surface area (Å²) >= 11 is 6.55. The van der Waals surface area contributed by atoms with Gasteiger partial charge >= 0.3 is 0 Å². The smallest absolute Gasteiger partial charge is 0.0938 e. The molecule has 3 aromatic rings. The van der Waals surface area contributed by atoms with Crippen molar-refractivity contribution < 1.29 is 0 Å². The van der Waals surface area contributed by atoms with Crippen molar-refractivity contribution in [2.24, 2.45) is 0 Å². The zero-order chi connectivity index (χ0) is 17.4. The fourth-order valence-corrected chi connectivity index (χ4v) is 3.63. The Hall–Kier alpha value is -2.06. The maximum absolute atomic E-state index is 6.55. The van der Waals surface area contributed by atoms with Crippen molar-refractivity contribution in [1.82, 2.24) is 4.98 Å². The van der Waals surface area contributed by atoms with E-state index in [1.807, 2.05) is 24.3 Å². The second-order valence-electron chi connectivity index (χ2n) is 6.85. The highest BCUT2D eigenvalue weighted by Crippen LogP contribution is 2.40. The van der Waals surface area contributed by atoms with Crippen LogP contribution >= 0.6 is 11.6 Å². The van der Waals surface area contributed by atoms with Crippen molar-refractivity contribution in [1.29, 1.82) is 0 Å². The number of rotatable bonds is 3. The highest BCUT2D eigenvalue weighted by molar-refractivity contribution is 6.32. The van der Waals surface area contributed by atoms with Gasteiger partial charge in [0.05, 0.1) is 16.9 Å². The number of aromatic nitrogens is 1. The summed E-state index contributed by atoms with van der Waals surface area (Å²) in [7, 11) is 0. The number of para-hydroxylation sites is 1. The summed E-state index contributed by atoms with van der Waals surface area (Å²) in [6.07, 6.45) is 0. The van der Waals surface area contributed by atoms with E-state index in [0.717, 1.165) is 32.7 Å². The second kappa shape index (κ2) is 6.45. The Kier molecular flexibility index (Phi) is 4.51. The molecule has 0 aliphatic rings. The molecule has 1 aromatic heterocycles. The number of fused-ring (bicyclic) bond motifs is 1. The largest absolute Gasteiger partial charge is 0.397 e. The molecule has 0 unspecified atom stereocenters. The van der Waals surface area contributed by atoms with Crippen molar-refractivity contribution in [3.8, 4) is 11.3 Å². The molecule has 0 fully saturated rings. The number of anilines is 1. The lowest BCUT2D eigenvalue weighted by atomic mass is 9.86. The molecule has 24 heavy (non-hydrogen) atoms. The summed E-state index contributed by atoms with van der Waals surface area (Å²) in [6.45, 7) is 8.74. The van der Waals surface area contributed by atoms with Crippen molar-refractivity contribution in [2.45, 2.75) is 39.5 Å². The molecule has 2 aromatic carbocycles. The van der Waals surface area contributed by atoms with Crippen molar-refractivity contribution in [2.75, 3.05) is 5.73 Å². The number of nitrogens with zero attached hydrogens (tertiary/aromatic N) is 1. The van der Waals surface area contributed by atoms with Gasteiger partial charge in [-0.1, -0.05) is 63.6 Å². The minimum Gasteiger partial charge on any atom is -0.397 e. The lowest BCUT2D eigenvalue weighted by Crippen LogP contribution is -2.02. The number of pyridine rings is 1. The van der Waals surface area contributed by atoms with Crippen LogP contribution in [0.3, 0.4) is 0 Å². The lowest BCUT2D eigenvalue weighted by Gasteiger charge is -2.21. The molecule has 0 aliphatic heterocycles. The van der Waals surface area contributed by atoms with Crippen LogP contribution in [0.2, 0.25) is 5.02 Å². The van der Waals surface area contributed by atoms with Crippen LogP contribution < -0.4 is 5.73 Å². The second-order valence-corrected chi connectivity index (χ2v) is 7.26. The van der Waals surface area contributed by atoms with Gasteiger partial charge in [-0.2, -0.15) is 0 Å². The fourth-order valence-electron chi connectivity index (χ4n) is 3.25. The van der Waals surface area contributed by atoms with Crippen LogP contribution in [0.25, 0.3) is 22.2 Å². The monoisotopic (exact) mass is 338 g/mol. The van der Waals surface area contributed by atoms with Gasteiger partial charge in [0.25, 0.3) is 0 Å². The Morgan fingerprint density at radius 2 is 1.67 bits per heavy atom. The zero-order valence-corrected chi connectivity index (χ0v) is 15.4. The average Bonchev–Trinajstić information content (AvgIpc) is 2.54. The number of halogens is 1. The van der Waals surface area contributed by atoms with E-state index >= 15 is 0 Å². The van der Waals surface area contributed by atoms with E-state index < -0.39 is 0 Å². The molecular formula is C21H23ClN2. The van der Waals surface area contributed by atoms with Gasteiger partial charge in [0, 0.05) is 16.0 Å². The Balaban J connectivity index is 2.36. The van der Waals surface area contributed by atoms with Crippen molar-refractivity contribution >= 4 is 28.2 Å². The van der Waals surface area contributed by atoms with E-state index in [4.69, 9.17) is 22.3 Å². The number of nitrogen functional groups attached to an aromatic ring is 1. The minimum absolute atomic E-state index is 0.316. The first-order valence-electron chi connectivity index (χ1n) is 8.38. The van der Waals surface area contributed by atoms with Gasteiger partial charge in [0.1, 0.15) is 0 Å². The molecule has 0 amide bonds. The van der Waals surface area contributed by atoms with E-state index in [1.54, 1.807) is 0 Å². The van der Waals surface area contributed by atoms with Crippen LogP contribution in [0.5, 0.6) is 0 Å². The predicted octanol–water partition coefficient (Wildman–Crippen LogP) is 6.38. The highest BCUT2D eigenvalue weighted by atomic mass is 35.5. The first kappa shape index (κ1) is 16.8. The van der Waals surface area contributed by atoms with Gasteiger partial charge in [-0.15, -0.1) is 0 Å². The number of nitrogens with two attached hydrogens (primary N) is 1. The van der Waals surface area contributed by atoms with Crippen LogP contribution in [0.4, 0.5) is 5.69 Å². The quantitative estimate of drug-likeness (QED) is 0.562. The molecule has 3 rings (SSSR count). The number of hydrogen-bond acceptors (Lipinski definition) is 2. The Bertz CT molecular complexity index is 898. The van der Waals surface area contributed by atoms with Gasteiger partial charge in [0.15, 0.2) is 0 Å². The molecule has 3 heteroatoms. The van der Waals surface area contributed by atoms with Gasteiger partial charge in [0.2, 0.25) is 0 Å². The van der Waals surface area contributed by atoms with Crippen molar-refractivity contribution in [3.05, 3.63) is 58.6 Å². The van der Waals surface area contributed by atoms with Crippen LogP contribution in [-0.4, -0.2) is 4.98 Å². The van der Waals surface area contributed by atoms with Gasteiger partial charge in [-0.05, 0) is 41.2 Å². The molecule has 0 aliphatic carbocycles. The highest BCUT2D eigenvalue weighted by Gasteiger charge is 2.20. The maximum Gasteiger partial charge on any atom is 0.0938 e. The SMILES string of the molecule is CC(C)c1ccc(Cl)c(C(C)C)c1-c1ccc2cccc(N)c2n1. The average molecular weight is 339 g/mol. The fraction of sp³-hybridized carbons (Fsp3) is 0.286. The third-order valence-electron chi connectivity index (χ3n) is 4.43. The summed E-state index contributed by atoms with van der Waals surface area (Å²) < 4.78 is 0. The Morgan fingerprint density at radius 3 is 2.33 bits per heavy atom. The molecule has 124 valence electrons. The number of hydrogen-bond donors (Lipinski definition) is 1. The Labute approximate surface area is 148 Å². The molecule has 0 spiro atoms. The molecule has 2 N–H and O–H groups in total. The molecule has 0 saturated heterocycles.